The fourth-order valence-corrected chi connectivity index (χ4v) is 2.98. The zero-order chi connectivity index (χ0) is 19.8. The van der Waals surface area contributed by atoms with Crippen LogP contribution in [0.1, 0.15) is 44.6 Å². The van der Waals surface area contributed by atoms with E-state index in [4.69, 9.17) is 9.47 Å². The number of carbonyl (C=O) groups is 1. The molecule has 28 heavy (non-hydrogen) atoms. The molecule has 0 heterocycles. The van der Waals surface area contributed by atoms with Crippen molar-refractivity contribution in [3.8, 4) is 11.5 Å². The Hall–Kier alpha value is -2.75. The topological polar surface area (TPSA) is 47.6 Å². The van der Waals surface area contributed by atoms with E-state index in [0.29, 0.717) is 12.5 Å². The lowest BCUT2D eigenvalue weighted by atomic mass is 10.0. The second-order valence-electron chi connectivity index (χ2n) is 7.24. The van der Waals surface area contributed by atoms with Crippen molar-refractivity contribution in [2.24, 2.45) is 5.92 Å². The van der Waals surface area contributed by atoms with Gasteiger partial charge in [-0.05, 0) is 67.5 Å². The number of unbranched alkanes of at least 4 members (excludes halogenated alkanes) is 1. The van der Waals surface area contributed by atoms with Gasteiger partial charge in [0.05, 0.1) is 19.4 Å². The van der Waals surface area contributed by atoms with E-state index >= 15 is 0 Å². The van der Waals surface area contributed by atoms with Crippen LogP contribution in [0.15, 0.2) is 54.1 Å². The third-order valence-electron chi connectivity index (χ3n) is 4.84. The third-order valence-corrected chi connectivity index (χ3v) is 4.84. The van der Waals surface area contributed by atoms with E-state index in [2.05, 4.69) is 12.2 Å². The molecule has 3 rings (SSSR count). The number of hydrogen-bond acceptors (Lipinski definition) is 3. The molecule has 1 aliphatic carbocycles. The van der Waals surface area contributed by atoms with E-state index in [-0.39, 0.29) is 5.91 Å². The number of nitrogens with one attached hydrogen (secondary N) is 1. The van der Waals surface area contributed by atoms with Crippen LogP contribution in [-0.4, -0.2) is 19.6 Å². The smallest absolute Gasteiger partial charge is 0.251 e. The monoisotopic (exact) mass is 379 g/mol. The molecule has 0 saturated heterocycles. The average molecular weight is 380 g/mol. The average Bonchev–Trinajstić information content (AvgIpc) is 3.53. The summed E-state index contributed by atoms with van der Waals surface area (Å²) in [7, 11) is 1.65. The molecule has 1 amide bonds. The summed E-state index contributed by atoms with van der Waals surface area (Å²) < 4.78 is 11.1. The van der Waals surface area contributed by atoms with Gasteiger partial charge in [0.2, 0.25) is 0 Å². The molecule has 2 aromatic carbocycles. The number of benzene rings is 2. The lowest BCUT2D eigenvalue weighted by Gasteiger charge is -2.14. The minimum Gasteiger partial charge on any atom is -0.497 e. The number of para-hydroxylation sites is 2. The Morgan fingerprint density at radius 2 is 1.89 bits per heavy atom. The number of ether oxygens (including phenoxy) is 2. The van der Waals surface area contributed by atoms with Crippen LogP contribution in [0.4, 0.5) is 5.69 Å². The molecule has 0 atom stereocenters. The van der Waals surface area contributed by atoms with Crippen LogP contribution in [0.25, 0.3) is 6.08 Å². The van der Waals surface area contributed by atoms with Gasteiger partial charge in [-0.1, -0.05) is 37.6 Å². The van der Waals surface area contributed by atoms with Crippen LogP contribution in [0.2, 0.25) is 0 Å². The summed E-state index contributed by atoms with van der Waals surface area (Å²) >= 11 is 0. The number of rotatable bonds is 10. The Morgan fingerprint density at radius 3 is 2.57 bits per heavy atom. The molecule has 4 nitrogen and oxygen atoms in total. The fourth-order valence-electron chi connectivity index (χ4n) is 2.98. The molecule has 0 bridgehead atoms. The van der Waals surface area contributed by atoms with Crippen molar-refractivity contribution in [1.82, 2.24) is 0 Å². The predicted octanol–water partition coefficient (Wildman–Crippen LogP) is 5.70. The maximum absolute atomic E-state index is 13.0. The SMILES string of the molecule is CCCCOc1ccccc1NC(=O)/C(=C/c1ccc(OC)cc1)CC1CC1. The molecular formula is C24H29NO3. The van der Waals surface area contributed by atoms with Gasteiger partial charge in [-0.2, -0.15) is 0 Å². The first-order valence-electron chi connectivity index (χ1n) is 10.1. The summed E-state index contributed by atoms with van der Waals surface area (Å²) in [6.45, 7) is 2.78. The van der Waals surface area contributed by atoms with Gasteiger partial charge in [0.1, 0.15) is 11.5 Å². The van der Waals surface area contributed by atoms with E-state index in [9.17, 15) is 4.79 Å². The highest BCUT2D eigenvalue weighted by Crippen LogP contribution is 2.36. The molecule has 1 N–H and O–H groups in total. The Kier molecular flexibility index (Phi) is 7.12. The van der Waals surface area contributed by atoms with Crippen LogP contribution in [0, 0.1) is 5.92 Å². The van der Waals surface area contributed by atoms with E-state index in [1.807, 2.05) is 54.6 Å². The van der Waals surface area contributed by atoms with Crippen LogP contribution in [-0.2, 0) is 4.79 Å². The molecule has 0 unspecified atom stereocenters. The zero-order valence-electron chi connectivity index (χ0n) is 16.7. The Balaban J connectivity index is 1.75. The third kappa shape index (κ3) is 5.88. The molecule has 1 aliphatic rings. The van der Waals surface area contributed by atoms with E-state index in [1.165, 1.54) is 12.8 Å². The molecule has 0 radical (unpaired) electrons. The van der Waals surface area contributed by atoms with Gasteiger partial charge in [-0.25, -0.2) is 0 Å². The van der Waals surface area contributed by atoms with Gasteiger partial charge in [-0.15, -0.1) is 0 Å². The van der Waals surface area contributed by atoms with E-state index in [1.54, 1.807) is 7.11 Å². The van der Waals surface area contributed by atoms with Gasteiger partial charge in [0.25, 0.3) is 5.91 Å². The molecule has 1 fully saturated rings. The summed E-state index contributed by atoms with van der Waals surface area (Å²) in [6.07, 6.45) is 7.25. The van der Waals surface area contributed by atoms with E-state index in [0.717, 1.165) is 47.6 Å². The van der Waals surface area contributed by atoms with Crippen LogP contribution in [0.3, 0.4) is 0 Å². The Morgan fingerprint density at radius 1 is 1.14 bits per heavy atom. The van der Waals surface area contributed by atoms with Gasteiger partial charge in [-0.3, -0.25) is 4.79 Å². The summed E-state index contributed by atoms with van der Waals surface area (Å²) in [6, 6.07) is 15.4. The molecule has 2 aromatic rings. The first kappa shape index (κ1) is 20.0. The highest BCUT2D eigenvalue weighted by atomic mass is 16.5. The number of anilines is 1. The predicted molar refractivity (Wildman–Crippen MR) is 114 cm³/mol. The van der Waals surface area contributed by atoms with Crippen LogP contribution in [0.5, 0.6) is 11.5 Å². The summed E-state index contributed by atoms with van der Waals surface area (Å²) in [5.41, 5.74) is 2.52. The maximum Gasteiger partial charge on any atom is 0.251 e. The fraction of sp³-hybridized carbons (Fsp3) is 0.375. The van der Waals surface area contributed by atoms with Crippen LogP contribution < -0.4 is 14.8 Å². The molecule has 148 valence electrons. The molecule has 0 aromatic heterocycles. The summed E-state index contributed by atoms with van der Waals surface area (Å²) in [5.74, 6) is 2.09. The van der Waals surface area contributed by atoms with Crippen molar-refractivity contribution in [2.75, 3.05) is 19.0 Å². The second-order valence-corrected chi connectivity index (χ2v) is 7.24. The van der Waals surface area contributed by atoms with Crippen molar-refractivity contribution in [3.05, 3.63) is 59.7 Å². The van der Waals surface area contributed by atoms with Crippen molar-refractivity contribution in [2.45, 2.75) is 39.0 Å². The highest BCUT2D eigenvalue weighted by Gasteiger charge is 2.25. The normalized spacial score (nSPS) is 13.9. The van der Waals surface area contributed by atoms with Crippen LogP contribution >= 0.6 is 0 Å². The van der Waals surface area contributed by atoms with Gasteiger partial charge < -0.3 is 14.8 Å². The van der Waals surface area contributed by atoms with Crippen molar-refractivity contribution in [1.29, 1.82) is 0 Å². The largest absolute Gasteiger partial charge is 0.497 e. The van der Waals surface area contributed by atoms with Crippen molar-refractivity contribution >= 4 is 17.7 Å². The molecular weight excluding hydrogens is 350 g/mol. The lowest BCUT2D eigenvalue weighted by Crippen LogP contribution is -2.16. The van der Waals surface area contributed by atoms with Gasteiger partial charge in [0.15, 0.2) is 0 Å². The molecule has 1 saturated carbocycles. The standard InChI is InChI=1S/C24H29NO3/c1-3-4-15-28-23-8-6-5-7-22(23)25-24(26)20(16-18-9-10-18)17-19-11-13-21(27-2)14-12-19/h5-8,11-14,17-18H,3-4,9-10,15-16H2,1-2H3,(H,25,26)/b20-17+. The first-order chi connectivity index (χ1) is 13.7. The van der Waals surface area contributed by atoms with Crippen molar-refractivity contribution in [3.63, 3.8) is 0 Å². The second kappa shape index (κ2) is 9.98. The molecule has 4 heteroatoms. The Labute approximate surface area is 167 Å². The minimum atomic E-state index is -0.0609. The van der Waals surface area contributed by atoms with Gasteiger partial charge >= 0.3 is 0 Å². The zero-order valence-corrected chi connectivity index (χ0v) is 16.7. The number of methoxy groups -OCH3 is 1. The molecule has 0 spiro atoms. The Bertz CT molecular complexity index is 807. The first-order valence-corrected chi connectivity index (χ1v) is 10.1. The lowest BCUT2D eigenvalue weighted by molar-refractivity contribution is -0.113. The van der Waals surface area contributed by atoms with E-state index < -0.39 is 0 Å². The quantitative estimate of drug-likeness (QED) is 0.426. The summed E-state index contributed by atoms with van der Waals surface area (Å²) in [4.78, 5) is 13.0. The van der Waals surface area contributed by atoms with Gasteiger partial charge in [0, 0.05) is 5.57 Å². The summed E-state index contributed by atoms with van der Waals surface area (Å²) in [5, 5.41) is 3.06. The van der Waals surface area contributed by atoms with Crippen molar-refractivity contribution < 1.29 is 14.3 Å². The maximum atomic E-state index is 13.0. The molecule has 0 aliphatic heterocycles. The number of hydrogen-bond donors (Lipinski definition) is 1. The highest BCUT2D eigenvalue weighted by molar-refractivity contribution is 6.07. The number of amides is 1. The minimum absolute atomic E-state index is 0.0609. The number of carbonyl (C=O) groups excluding carboxylic acids is 1.